The number of likely N-dealkylation sites (tertiary alicyclic amines) is 1. The average Bonchev–Trinajstić information content (AvgIpc) is 3.05. The summed E-state index contributed by atoms with van der Waals surface area (Å²) in [4.78, 5) is 29.5. The van der Waals surface area contributed by atoms with E-state index < -0.39 is 0 Å². The maximum Gasteiger partial charge on any atom is 0.238 e. The molecular weight excluding hydrogens is 316 g/mol. The zero-order chi connectivity index (χ0) is 17.6. The number of carbonyl (C=O) groups excluding carboxylic acids is 2. The van der Waals surface area contributed by atoms with E-state index in [0.29, 0.717) is 18.2 Å². The highest BCUT2D eigenvalue weighted by Gasteiger charge is 2.25. The van der Waals surface area contributed by atoms with E-state index in [4.69, 9.17) is 0 Å². The van der Waals surface area contributed by atoms with Crippen LogP contribution < -0.4 is 10.6 Å². The lowest BCUT2D eigenvalue weighted by Crippen LogP contribution is -2.31. The number of rotatable bonds is 5. The second kappa shape index (κ2) is 7.90. The third-order valence-electron chi connectivity index (χ3n) is 4.31. The summed E-state index contributed by atoms with van der Waals surface area (Å²) in [5.74, 6) is 0.324. The first-order chi connectivity index (χ1) is 12.1. The SMILES string of the molecule is CC(=O)Nc1ccc(NC(=O)CN2CCC(c3ccncc3)C2)cc1. The van der Waals surface area contributed by atoms with E-state index in [2.05, 4.69) is 20.5 Å². The van der Waals surface area contributed by atoms with E-state index in [0.717, 1.165) is 25.2 Å². The van der Waals surface area contributed by atoms with Crippen LogP contribution >= 0.6 is 0 Å². The van der Waals surface area contributed by atoms with E-state index in [1.165, 1.54) is 12.5 Å². The van der Waals surface area contributed by atoms with Crippen molar-refractivity contribution in [3.8, 4) is 0 Å². The lowest BCUT2D eigenvalue weighted by atomic mass is 10.00. The first-order valence-corrected chi connectivity index (χ1v) is 8.40. The van der Waals surface area contributed by atoms with Gasteiger partial charge in [0.2, 0.25) is 11.8 Å². The van der Waals surface area contributed by atoms with Crippen molar-refractivity contribution in [1.29, 1.82) is 0 Å². The summed E-state index contributed by atoms with van der Waals surface area (Å²) in [6.07, 6.45) is 4.69. The Labute approximate surface area is 147 Å². The van der Waals surface area contributed by atoms with E-state index >= 15 is 0 Å². The van der Waals surface area contributed by atoms with Crippen molar-refractivity contribution < 1.29 is 9.59 Å². The Morgan fingerprint density at radius 2 is 1.72 bits per heavy atom. The van der Waals surface area contributed by atoms with Crippen LogP contribution in [-0.4, -0.2) is 41.3 Å². The molecule has 0 radical (unpaired) electrons. The fraction of sp³-hybridized carbons (Fsp3) is 0.316. The van der Waals surface area contributed by atoms with E-state index in [9.17, 15) is 9.59 Å². The molecule has 0 spiro atoms. The number of nitrogens with one attached hydrogen (secondary N) is 2. The summed E-state index contributed by atoms with van der Waals surface area (Å²) in [6, 6.07) is 11.2. The van der Waals surface area contributed by atoms with Crippen LogP contribution in [0.15, 0.2) is 48.8 Å². The van der Waals surface area contributed by atoms with Crippen LogP contribution in [0.2, 0.25) is 0 Å². The predicted octanol–water partition coefficient (Wildman–Crippen LogP) is 2.47. The number of hydrogen-bond donors (Lipinski definition) is 2. The molecule has 0 aliphatic carbocycles. The van der Waals surface area contributed by atoms with Crippen molar-refractivity contribution in [2.24, 2.45) is 0 Å². The van der Waals surface area contributed by atoms with Gasteiger partial charge < -0.3 is 10.6 Å². The lowest BCUT2D eigenvalue weighted by molar-refractivity contribution is -0.117. The summed E-state index contributed by atoms with van der Waals surface area (Å²) in [6.45, 7) is 3.65. The Morgan fingerprint density at radius 3 is 2.36 bits per heavy atom. The van der Waals surface area contributed by atoms with Crippen molar-refractivity contribution in [1.82, 2.24) is 9.88 Å². The van der Waals surface area contributed by atoms with Crippen LogP contribution in [0, 0.1) is 0 Å². The number of carbonyl (C=O) groups is 2. The second-order valence-electron chi connectivity index (χ2n) is 6.31. The van der Waals surface area contributed by atoms with Gasteiger partial charge in [0.15, 0.2) is 0 Å². The quantitative estimate of drug-likeness (QED) is 0.878. The normalized spacial score (nSPS) is 17.2. The Kier molecular flexibility index (Phi) is 5.40. The highest BCUT2D eigenvalue weighted by atomic mass is 16.2. The van der Waals surface area contributed by atoms with Gasteiger partial charge in [-0.15, -0.1) is 0 Å². The van der Waals surface area contributed by atoms with Gasteiger partial charge in [0, 0.05) is 37.2 Å². The minimum absolute atomic E-state index is 0.0253. The largest absolute Gasteiger partial charge is 0.326 e. The molecule has 1 aromatic heterocycles. The molecule has 6 heteroatoms. The summed E-state index contributed by atoms with van der Waals surface area (Å²) < 4.78 is 0. The van der Waals surface area contributed by atoms with Gasteiger partial charge in [-0.25, -0.2) is 0 Å². The first kappa shape index (κ1) is 17.1. The lowest BCUT2D eigenvalue weighted by Gasteiger charge is -2.16. The van der Waals surface area contributed by atoms with Crippen LogP contribution in [-0.2, 0) is 9.59 Å². The molecule has 130 valence electrons. The third-order valence-corrected chi connectivity index (χ3v) is 4.31. The zero-order valence-corrected chi connectivity index (χ0v) is 14.2. The van der Waals surface area contributed by atoms with Gasteiger partial charge in [0.05, 0.1) is 6.54 Å². The molecule has 1 aromatic carbocycles. The van der Waals surface area contributed by atoms with Crippen LogP contribution in [0.25, 0.3) is 0 Å². The van der Waals surface area contributed by atoms with E-state index in [1.807, 2.05) is 24.5 Å². The Morgan fingerprint density at radius 1 is 1.08 bits per heavy atom. The van der Waals surface area contributed by atoms with Gasteiger partial charge in [0.1, 0.15) is 0 Å². The number of nitrogens with zero attached hydrogens (tertiary/aromatic N) is 2. The molecule has 1 saturated heterocycles. The summed E-state index contributed by atoms with van der Waals surface area (Å²) in [5.41, 5.74) is 2.72. The zero-order valence-electron chi connectivity index (χ0n) is 14.2. The predicted molar refractivity (Wildman–Crippen MR) is 97.4 cm³/mol. The number of pyridine rings is 1. The smallest absolute Gasteiger partial charge is 0.238 e. The van der Waals surface area contributed by atoms with Crippen molar-refractivity contribution in [3.05, 3.63) is 54.4 Å². The summed E-state index contributed by atoms with van der Waals surface area (Å²) >= 11 is 0. The molecule has 2 heterocycles. The molecule has 25 heavy (non-hydrogen) atoms. The molecule has 6 nitrogen and oxygen atoms in total. The first-order valence-electron chi connectivity index (χ1n) is 8.40. The molecule has 0 saturated carbocycles. The molecule has 1 aliphatic rings. The highest BCUT2D eigenvalue weighted by Crippen LogP contribution is 2.26. The molecule has 3 rings (SSSR count). The number of amides is 2. The number of anilines is 2. The van der Waals surface area contributed by atoms with Crippen molar-refractivity contribution in [2.75, 3.05) is 30.3 Å². The molecular formula is C19H22N4O2. The van der Waals surface area contributed by atoms with Gasteiger partial charge in [-0.3, -0.25) is 19.5 Å². The molecule has 1 atom stereocenters. The second-order valence-corrected chi connectivity index (χ2v) is 6.31. The maximum absolute atomic E-state index is 12.2. The number of hydrogen-bond acceptors (Lipinski definition) is 4. The fourth-order valence-electron chi connectivity index (χ4n) is 3.13. The molecule has 1 fully saturated rings. The molecule has 1 aliphatic heterocycles. The van der Waals surface area contributed by atoms with Gasteiger partial charge in [0.25, 0.3) is 0 Å². The van der Waals surface area contributed by atoms with Crippen LogP contribution in [0.4, 0.5) is 11.4 Å². The van der Waals surface area contributed by atoms with Crippen LogP contribution in [0.1, 0.15) is 24.8 Å². The van der Waals surface area contributed by atoms with E-state index in [-0.39, 0.29) is 11.8 Å². The average molecular weight is 338 g/mol. The van der Waals surface area contributed by atoms with Gasteiger partial charge in [-0.1, -0.05) is 0 Å². The summed E-state index contributed by atoms with van der Waals surface area (Å²) in [5, 5.41) is 5.60. The van der Waals surface area contributed by atoms with Crippen molar-refractivity contribution in [2.45, 2.75) is 19.3 Å². The van der Waals surface area contributed by atoms with Gasteiger partial charge in [-0.2, -0.15) is 0 Å². The van der Waals surface area contributed by atoms with Crippen LogP contribution in [0.5, 0.6) is 0 Å². The summed E-state index contributed by atoms with van der Waals surface area (Å²) in [7, 11) is 0. The standard InChI is InChI=1S/C19H22N4O2/c1-14(24)21-17-2-4-18(5-3-17)22-19(25)13-23-11-8-16(12-23)15-6-9-20-10-7-15/h2-7,9-10,16H,8,11-13H2,1H3,(H,21,24)(H,22,25). The Hall–Kier alpha value is -2.73. The Balaban J connectivity index is 1.49. The molecule has 2 amide bonds. The third kappa shape index (κ3) is 4.87. The van der Waals surface area contributed by atoms with E-state index in [1.54, 1.807) is 24.3 Å². The Bertz CT molecular complexity index is 731. The van der Waals surface area contributed by atoms with Crippen molar-refractivity contribution >= 4 is 23.2 Å². The highest BCUT2D eigenvalue weighted by molar-refractivity contribution is 5.93. The number of aromatic nitrogens is 1. The molecule has 1 unspecified atom stereocenters. The van der Waals surface area contributed by atoms with Gasteiger partial charge in [-0.05, 0) is 60.8 Å². The molecule has 0 bridgehead atoms. The van der Waals surface area contributed by atoms with Crippen molar-refractivity contribution in [3.63, 3.8) is 0 Å². The van der Waals surface area contributed by atoms with Crippen LogP contribution in [0.3, 0.4) is 0 Å². The molecule has 2 aromatic rings. The fourth-order valence-corrected chi connectivity index (χ4v) is 3.13. The van der Waals surface area contributed by atoms with Gasteiger partial charge >= 0.3 is 0 Å². The topological polar surface area (TPSA) is 74.3 Å². The molecule has 2 N–H and O–H groups in total. The monoisotopic (exact) mass is 338 g/mol. The minimum Gasteiger partial charge on any atom is -0.326 e. The number of benzene rings is 1. The minimum atomic E-state index is -0.116. The maximum atomic E-state index is 12.2.